The van der Waals surface area contributed by atoms with Crippen LogP contribution in [0.5, 0.6) is 17.2 Å². The molecule has 3 N–H and O–H groups in total. The fourth-order valence-electron chi connectivity index (χ4n) is 2.53. The van der Waals surface area contributed by atoms with Gasteiger partial charge in [-0.25, -0.2) is 14.8 Å². The number of ether oxygens (including phenoxy) is 3. The van der Waals surface area contributed by atoms with Crippen molar-refractivity contribution >= 4 is 45.2 Å². The molecule has 0 unspecified atom stereocenters. The van der Waals surface area contributed by atoms with Gasteiger partial charge in [0.05, 0.1) is 21.3 Å². The van der Waals surface area contributed by atoms with Crippen molar-refractivity contribution in [2.45, 2.75) is 0 Å². The molecule has 0 bridgehead atoms. The molecule has 1 aromatic heterocycles. The van der Waals surface area contributed by atoms with Gasteiger partial charge in [0.2, 0.25) is 17.6 Å². The van der Waals surface area contributed by atoms with Crippen molar-refractivity contribution in [1.29, 1.82) is 0 Å². The van der Waals surface area contributed by atoms with E-state index in [4.69, 9.17) is 14.2 Å². The summed E-state index contributed by atoms with van der Waals surface area (Å²) in [6, 6.07) is 10.1. The minimum absolute atomic E-state index is 0.0763. The lowest BCUT2D eigenvalue weighted by atomic mass is 10.2. The number of urea groups is 1. The lowest BCUT2D eigenvalue weighted by Gasteiger charge is -2.14. The lowest BCUT2D eigenvalue weighted by Crippen LogP contribution is -2.21. The SMILES string of the molecule is COc1cc(Nc2ncnc(NC(=O)Nc3cccc(Br)c3)n2)cc(OC)c1OC. The van der Waals surface area contributed by atoms with E-state index in [1.54, 1.807) is 24.3 Å². The molecule has 2 amide bonds. The van der Waals surface area contributed by atoms with E-state index in [0.717, 1.165) is 4.47 Å². The maximum absolute atomic E-state index is 12.2. The van der Waals surface area contributed by atoms with Gasteiger partial charge < -0.3 is 24.8 Å². The smallest absolute Gasteiger partial charge is 0.326 e. The lowest BCUT2D eigenvalue weighted by molar-refractivity contribution is 0.262. The number of aromatic nitrogens is 3. The molecule has 0 spiro atoms. The number of rotatable bonds is 7. The van der Waals surface area contributed by atoms with E-state index in [-0.39, 0.29) is 11.9 Å². The Labute approximate surface area is 181 Å². The summed E-state index contributed by atoms with van der Waals surface area (Å²) in [6.07, 6.45) is 1.28. The number of hydrogen-bond acceptors (Lipinski definition) is 8. The van der Waals surface area contributed by atoms with Gasteiger partial charge >= 0.3 is 6.03 Å². The van der Waals surface area contributed by atoms with Gasteiger partial charge in [-0.2, -0.15) is 4.98 Å². The van der Waals surface area contributed by atoms with E-state index >= 15 is 0 Å². The molecular weight excluding hydrogens is 456 g/mol. The van der Waals surface area contributed by atoms with Crippen LogP contribution in [0.4, 0.5) is 28.1 Å². The Kier molecular flexibility index (Phi) is 6.86. The summed E-state index contributed by atoms with van der Waals surface area (Å²) in [6.45, 7) is 0. The fraction of sp³-hybridized carbons (Fsp3) is 0.158. The van der Waals surface area contributed by atoms with E-state index in [1.165, 1.54) is 27.7 Å². The van der Waals surface area contributed by atoms with E-state index in [9.17, 15) is 4.79 Å². The highest BCUT2D eigenvalue weighted by Crippen LogP contribution is 2.40. The Morgan fingerprint density at radius 2 is 1.60 bits per heavy atom. The summed E-state index contributed by atoms with van der Waals surface area (Å²) in [7, 11) is 4.57. The van der Waals surface area contributed by atoms with E-state index in [0.29, 0.717) is 28.6 Å². The zero-order valence-corrected chi connectivity index (χ0v) is 18.0. The molecule has 0 atom stereocenters. The normalized spacial score (nSPS) is 10.1. The van der Waals surface area contributed by atoms with Crippen LogP contribution in [-0.4, -0.2) is 42.3 Å². The van der Waals surface area contributed by atoms with Crippen LogP contribution in [-0.2, 0) is 0 Å². The topological polar surface area (TPSA) is 120 Å². The number of nitrogens with zero attached hydrogens (tertiary/aromatic N) is 3. The van der Waals surface area contributed by atoms with Crippen molar-refractivity contribution in [3.8, 4) is 17.2 Å². The average Bonchev–Trinajstić information content (AvgIpc) is 2.73. The Bertz CT molecular complexity index is 1020. The van der Waals surface area contributed by atoms with Gasteiger partial charge in [-0.1, -0.05) is 22.0 Å². The first-order valence-corrected chi connectivity index (χ1v) is 9.41. The summed E-state index contributed by atoms with van der Waals surface area (Å²) in [5.74, 6) is 1.71. The third kappa shape index (κ3) is 5.26. The largest absolute Gasteiger partial charge is 0.493 e. The second-order valence-electron chi connectivity index (χ2n) is 5.76. The van der Waals surface area contributed by atoms with Crippen LogP contribution >= 0.6 is 15.9 Å². The standard InChI is InChI=1S/C19H19BrN6O4/c1-28-14-8-13(9-15(29-2)16(14)30-3)23-17-21-10-22-18(25-17)26-19(27)24-12-6-4-5-11(20)7-12/h4-10H,1-3H3,(H3,21,22,23,24,25,26,27). The summed E-state index contributed by atoms with van der Waals surface area (Å²) < 4.78 is 16.8. The van der Waals surface area contributed by atoms with Crippen LogP contribution in [0.3, 0.4) is 0 Å². The van der Waals surface area contributed by atoms with Crippen LogP contribution in [0.2, 0.25) is 0 Å². The van der Waals surface area contributed by atoms with E-state index in [2.05, 4.69) is 46.8 Å². The van der Waals surface area contributed by atoms with Gasteiger partial charge in [-0.05, 0) is 18.2 Å². The average molecular weight is 475 g/mol. The van der Waals surface area contributed by atoms with Crippen molar-refractivity contribution in [3.05, 3.63) is 47.2 Å². The first-order valence-electron chi connectivity index (χ1n) is 8.62. The second kappa shape index (κ2) is 9.74. The molecule has 0 radical (unpaired) electrons. The molecule has 11 heteroatoms. The molecule has 0 aliphatic carbocycles. The second-order valence-corrected chi connectivity index (χ2v) is 6.68. The summed E-state index contributed by atoms with van der Waals surface area (Å²) in [4.78, 5) is 24.4. The predicted octanol–water partition coefficient (Wildman–Crippen LogP) is 4.05. The number of benzene rings is 2. The highest BCUT2D eigenvalue weighted by atomic mass is 79.9. The maximum atomic E-state index is 12.2. The first-order chi connectivity index (χ1) is 14.5. The molecule has 0 aliphatic heterocycles. The zero-order chi connectivity index (χ0) is 21.5. The molecule has 10 nitrogen and oxygen atoms in total. The summed E-state index contributed by atoms with van der Waals surface area (Å²) in [5, 5.41) is 8.28. The molecular formula is C19H19BrN6O4. The van der Waals surface area contributed by atoms with E-state index < -0.39 is 6.03 Å². The third-order valence-corrected chi connectivity index (χ3v) is 4.29. The quantitative estimate of drug-likeness (QED) is 0.469. The molecule has 3 aromatic rings. The van der Waals surface area contributed by atoms with Gasteiger partial charge in [-0.15, -0.1) is 0 Å². The Balaban J connectivity index is 1.73. The molecule has 3 rings (SSSR count). The van der Waals surface area contributed by atoms with Crippen LogP contribution in [0.25, 0.3) is 0 Å². The highest BCUT2D eigenvalue weighted by molar-refractivity contribution is 9.10. The van der Waals surface area contributed by atoms with Crippen LogP contribution in [0, 0.1) is 0 Å². The van der Waals surface area contributed by atoms with Crippen molar-refractivity contribution in [2.24, 2.45) is 0 Å². The minimum atomic E-state index is -0.488. The third-order valence-electron chi connectivity index (χ3n) is 3.80. The molecule has 0 aliphatic rings. The molecule has 30 heavy (non-hydrogen) atoms. The minimum Gasteiger partial charge on any atom is -0.493 e. The Hall–Kier alpha value is -3.60. The van der Waals surface area contributed by atoms with Gasteiger partial charge in [0.1, 0.15) is 6.33 Å². The first kappa shape index (κ1) is 21.1. The molecule has 0 saturated heterocycles. The van der Waals surface area contributed by atoms with Crippen LogP contribution < -0.4 is 30.2 Å². The van der Waals surface area contributed by atoms with Gasteiger partial charge in [0.15, 0.2) is 11.5 Å². The predicted molar refractivity (Wildman–Crippen MR) is 116 cm³/mol. The Morgan fingerprint density at radius 3 is 2.23 bits per heavy atom. The maximum Gasteiger partial charge on any atom is 0.326 e. The van der Waals surface area contributed by atoms with Gasteiger partial charge in [0.25, 0.3) is 0 Å². The molecule has 0 fully saturated rings. The number of halogens is 1. The van der Waals surface area contributed by atoms with Crippen molar-refractivity contribution < 1.29 is 19.0 Å². The number of nitrogens with one attached hydrogen (secondary N) is 3. The van der Waals surface area contributed by atoms with Crippen LogP contribution in [0.1, 0.15) is 0 Å². The van der Waals surface area contributed by atoms with Crippen LogP contribution in [0.15, 0.2) is 47.2 Å². The number of carbonyl (C=O) groups excluding carboxylic acids is 1. The van der Waals surface area contributed by atoms with Gasteiger partial charge in [-0.3, -0.25) is 5.32 Å². The van der Waals surface area contributed by atoms with Crippen molar-refractivity contribution in [1.82, 2.24) is 15.0 Å². The zero-order valence-electron chi connectivity index (χ0n) is 16.4. The van der Waals surface area contributed by atoms with E-state index in [1.807, 2.05) is 12.1 Å². The molecule has 0 saturated carbocycles. The summed E-state index contributed by atoms with van der Waals surface area (Å²) in [5.41, 5.74) is 1.21. The number of hydrogen-bond donors (Lipinski definition) is 3. The molecule has 156 valence electrons. The number of methoxy groups -OCH3 is 3. The van der Waals surface area contributed by atoms with Gasteiger partial charge in [0, 0.05) is 28.0 Å². The monoisotopic (exact) mass is 474 g/mol. The number of anilines is 4. The fourth-order valence-corrected chi connectivity index (χ4v) is 2.93. The highest BCUT2D eigenvalue weighted by Gasteiger charge is 2.14. The molecule has 1 heterocycles. The summed E-state index contributed by atoms with van der Waals surface area (Å²) >= 11 is 3.35. The van der Waals surface area contributed by atoms with Crippen molar-refractivity contribution in [2.75, 3.05) is 37.3 Å². The Morgan fingerprint density at radius 1 is 0.900 bits per heavy atom. The van der Waals surface area contributed by atoms with Crippen molar-refractivity contribution in [3.63, 3.8) is 0 Å². The number of amides is 2. The molecule has 2 aromatic carbocycles. The number of carbonyl (C=O) groups is 1.